The number of aliphatic hydroxyl groups is 1. The topological polar surface area (TPSA) is 54.4 Å². The first kappa shape index (κ1) is 29.3. The molecule has 2 saturated heterocycles. The molecule has 3 heterocycles. The Morgan fingerprint density at radius 2 is 1.64 bits per heavy atom. The Bertz CT molecular complexity index is 1360. The minimum absolute atomic E-state index is 0.0161. The number of hydrogen-bond acceptors (Lipinski definition) is 6. The van der Waals surface area contributed by atoms with Gasteiger partial charge in [0.05, 0.1) is 44.1 Å². The second-order valence-corrected chi connectivity index (χ2v) is 12.9. The highest BCUT2D eigenvalue weighted by Gasteiger charge is 2.39. The number of anilines is 1. The molecular formula is C35H43ClN2O4. The summed E-state index contributed by atoms with van der Waals surface area (Å²) in [6.07, 6.45) is 2.92. The van der Waals surface area contributed by atoms with Crippen LogP contribution < -0.4 is 14.4 Å². The van der Waals surface area contributed by atoms with E-state index >= 15 is 0 Å². The molecule has 0 spiro atoms. The average Bonchev–Trinajstić information content (AvgIpc) is 2.96. The highest BCUT2D eigenvalue weighted by molar-refractivity contribution is 6.30. The van der Waals surface area contributed by atoms with Gasteiger partial charge in [-0.25, -0.2) is 0 Å². The van der Waals surface area contributed by atoms with E-state index in [1.807, 2.05) is 32.9 Å². The quantitative estimate of drug-likeness (QED) is 0.319. The molecule has 2 atom stereocenters. The predicted octanol–water partition coefficient (Wildman–Crippen LogP) is 6.61. The summed E-state index contributed by atoms with van der Waals surface area (Å²) >= 11 is 6.30. The number of rotatable bonds is 8. The predicted molar refractivity (Wildman–Crippen MR) is 168 cm³/mol. The number of fused-ring (bicyclic) bond motifs is 1. The lowest BCUT2D eigenvalue weighted by Gasteiger charge is -2.45. The van der Waals surface area contributed by atoms with Crippen LogP contribution in [0.25, 0.3) is 0 Å². The number of nitrogens with zero attached hydrogens (tertiary/aromatic N) is 2. The van der Waals surface area contributed by atoms with E-state index in [4.69, 9.17) is 25.8 Å². The van der Waals surface area contributed by atoms with Gasteiger partial charge >= 0.3 is 0 Å². The van der Waals surface area contributed by atoms with E-state index in [1.165, 1.54) is 16.7 Å². The van der Waals surface area contributed by atoms with E-state index in [-0.39, 0.29) is 18.1 Å². The molecule has 224 valence electrons. The minimum Gasteiger partial charge on any atom is -0.493 e. The summed E-state index contributed by atoms with van der Waals surface area (Å²) in [6.45, 7) is 10.7. The number of piperidine rings is 1. The molecule has 0 aliphatic carbocycles. The van der Waals surface area contributed by atoms with Crippen molar-refractivity contribution >= 4 is 17.3 Å². The SMILES string of the molecule is COc1cc2c(cc1OC(C)C)[C@H](c1ccc(Cl)cc1)N(c1ccc([C@](C)(O)C3CCN(C4COC4)CC3)cc1)CC2. The molecule has 0 saturated carbocycles. The molecule has 0 aromatic heterocycles. The fraction of sp³-hybridized carbons (Fsp3) is 0.486. The fourth-order valence-corrected chi connectivity index (χ4v) is 7.03. The first-order valence-electron chi connectivity index (χ1n) is 15.3. The lowest BCUT2D eigenvalue weighted by molar-refractivity contribution is -0.0920. The molecule has 3 aromatic rings. The van der Waals surface area contributed by atoms with Gasteiger partial charge in [0, 0.05) is 17.3 Å². The van der Waals surface area contributed by atoms with Crippen LogP contribution in [-0.2, 0) is 16.8 Å². The molecule has 3 aliphatic rings. The van der Waals surface area contributed by atoms with Crippen molar-refractivity contribution in [2.24, 2.45) is 5.92 Å². The van der Waals surface area contributed by atoms with Crippen LogP contribution in [0.4, 0.5) is 5.69 Å². The van der Waals surface area contributed by atoms with E-state index in [0.717, 1.165) is 79.9 Å². The molecule has 0 radical (unpaired) electrons. The van der Waals surface area contributed by atoms with Crippen LogP contribution in [0, 0.1) is 5.92 Å². The number of halogens is 1. The van der Waals surface area contributed by atoms with Gasteiger partial charge in [-0.3, -0.25) is 4.90 Å². The summed E-state index contributed by atoms with van der Waals surface area (Å²) in [5, 5.41) is 12.5. The first-order chi connectivity index (χ1) is 20.2. The molecule has 0 amide bonds. The lowest BCUT2D eigenvalue weighted by atomic mass is 9.77. The first-order valence-corrected chi connectivity index (χ1v) is 15.7. The molecule has 3 aromatic carbocycles. The van der Waals surface area contributed by atoms with Gasteiger partial charge in [-0.15, -0.1) is 0 Å². The molecule has 7 heteroatoms. The van der Waals surface area contributed by atoms with Gasteiger partial charge in [0.15, 0.2) is 11.5 Å². The van der Waals surface area contributed by atoms with Crippen molar-refractivity contribution in [2.45, 2.75) is 63.8 Å². The average molecular weight is 591 g/mol. The van der Waals surface area contributed by atoms with Crippen LogP contribution in [0.3, 0.4) is 0 Å². The van der Waals surface area contributed by atoms with Crippen molar-refractivity contribution in [1.29, 1.82) is 0 Å². The summed E-state index contributed by atoms with van der Waals surface area (Å²) in [5.74, 6) is 1.76. The molecule has 6 nitrogen and oxygen atoms in total. The fourth-order valence-electron chi connectivity index (χ4n) is 6.90. The Morgan fingerprint density at radius 1 is 0.952 bits per heavy atom. The highest BCUT2D eigenvalue weighted by atomic mass is 35.5. The number of benzene rings is 3. The normalized spacial score (nSPS) is 21.5. The third-order valence-electron chi connectivity index (χ3n) is 9.45. The van der Waals surface area contributed by atoms with Crippen LogP contribution in [0.2, 0.25) is 5.02 Å². The van der Waals surface area contributed by atoms with Gasteiger partial charge in [0.1, 0.15) is 0 Å². The van der Waals surface area contributed by atoms with E-state index in [1.54, 1.807) is 7.11 Å². The standard InChI is InChI=1S/C35H43ClN2O4/c1-23(2)42-33-20-31-25(19-32(33)40-4)13-18-38(34(31)24-5-9-28(36)10-6-24)29-11-7-26(8-12-29)35(3,39)27-14-16-37(17-15-27)30-21-41-22-30/h5-12,19-20,23,27,30,34,39H,13-18,21-22H2,1-4H3/t34-,35-/m0/s1. The number of likely N-dealkylation sites (tertiary alicyclic amines) is 1. The van der Waals surface area contributed by atoms with Gasteiger partial charge in [0.2, 0.25) is 0 Å². The maximum absolute atomic E-state index is 11.8. The van der Waals surface area contributed by atoms with Gasteiger partial charge in [-0.1, -0.05) is 35.9 Å². The Kier molecular flexibility index (Phi) is 8.43. The maximum Gasteiger partial charge on any atom is 0.161 e. The van der Waals surface area contributed by atoms with Crippen molar-refractivity contribution in [1.82, 2.24) is 4.90 Å². The maximum atomic E-state index is 11.8. The molecule has 1 N–H and O–H groups in total. The summed E-state index contributed by atoms with van der Waals surface area (Å²) in [7, 11) is 1.70. The molecule has 0 unspecified atom stereocenters. The second-order valence-electron chi connectivity index (χ2n) is 12.5. The minimum atomic E-state index is -0.871. The zero-order valence-electron chi connectivity index (χ0n) is 25.2. The van der Waals surface area contributed by atoms with Gasteiger partial charge in [0.25, 0.3) is 0 Å². The van der Waals surface area contributed by atoms with E-state index in [0.29, 0.717) is 6.04 Å². The van der Waals surface area contributed by atoms with Crippen molar-refractivity contribution in [3.05, 3.63) is 87.9 Å². The number of ether oxygens (including phenoxy) is 3. The smallest absolute Gasteiger partial charge is 0.161 e. The zero-order chi connectivity index (χ0) is 29.4. The Morgan fingerprint density at radius 3 is 2.24 bits per heavy atom. The molecular weight excluding hydrogens is 548 g/mol. The molecule has 3 aliphatic heterocycles. The van der Waals surface area contributed by atoms with Crippen LogP contribution in [0.5, 0.6) is 11.5 Å². The van der Waals surface area contributed by atoms with Crippen LogP contribution >= 0.6 is 11.6 Å². The van der Waals surface area contributed by atoms with E-state index in [9.17, 15) is 5.11 Å². The van der Waals surface area contributed by atoms with E-state index < -0.39 is 5.60 Å². The highest BCUT2D eigenvalue weighted by Crippen LogP contribution is 2.44. The third-order valence-corrected chi connectivity index (χ3v) is 9.70. The van der Waals surface area contributed by atoms with Gasteiger partial charge in [-0.05, 0) is 118 Å². The summed E-state index contributed by atoms with van der Waals surface area (Å²) in [4.78, 5) is 4.98. The lowest BCUT2D eigenvalue weighted by Crippen LogP contribution is -2.53. The monoisotopic (exact) mass is 590 g/mol. The van der Waals surface area contributed by atoms with Crippen molar-refractivity contribution in [3.8, 4) is 11.5 Å². The van der Waals surface area contributed by atoms with Crippen LogP contribution in [0.1, 0.15) is 61.9 Å². The van der Waals surface area contributed by atoms with Crippen molar-refractivity contribution in [3.63, 3.8) is 0 Å². The molecule has 2 fully saturated rings. The van der Waals surface area contributed by atoms with Gasteiger partial charge in [-0.2, -0.15) is 0 Å². The number of hydrogen-bond donors (Lipinski definition) is 1. The number of methoxy groups -OCH3 is 1. The van der Waals surface area contributed by atoms with Gasteiger partial charge < -0.3 is 24.2 Å². The van der Waals surface area contributed by atoms with Crippen molar-refractivity contribution < 1.29 is 19.3 Å². The molecule has 6 rings (SSSR count). The Balaban J connectivity index is 1.29. The second kappa shape index (κ2) is 12.1. The Labute approximate surface area is 255 Å². The van der Waals surface area contributed by atoms with Crippen LogP contribution in [-0.4, -0.2) is 62.1 Å². The van der Waals surface area contributed by atoms with Crippen LogP contribution in [0.15, 0.2) is 60.7 Å². The zero-order valence-corrected chi connectivity index (χ0v) is 25.9. The van der Waals surface area contributed by atoms with Crippen molar-refractivity contribution in [2.75, 3.05) is 44.9 Å². The van der Waals surface area contributed by atoms with E-state index in [2.05, 4.69) is 58.3 Å². The summed E-state index contributed by atoms with van der Waals surface area (Å²) < 4.78 is 17.3. The summed E-state index contributed by atoms with van der Waals surface area (Å²) in [5.41, 5.74) is 4.88. The third kappa shape index (κ3) is 5.74. The largest absolute Gasteiger partial charge is 0.493 e. The Hall–Kier alpha value is -2.77. The molecule has 42 heavy (non-hydrogen) atoms. The summed E-state index contributed by atoms with van der Waals surface area (Å²) in [6, 6.07) is 21.6. The molecule has 0 bridgehead atoms.